The number of halogens is 1. The van der Waals surface area contributed by atoms with Crippen LogP contribution in [0.25, 0.3) is 0 Å². The summed E-state index contributed by atoms with van der Waals surface area (Å²) in [5.41, 5.74) is 0. The van der Waals surface area contributed by atoms with E-state index in [9.17, 15) is 8.42 Å². The van der Waals surface area contributed by atoms with Crippen molar-refractivity contribution in [1.29, 1.82) is 0 Å². The Morgan fingerprint density at radius 2 is 2.21 bits per heavy atom. The van der Waals surface area contributed by atoms with Crippen molar-refractivity contribution >= 4 is 27.6 Å². The van der Waals surface area contributed by atoms with Crippen molar-refractivity contribution in [3.63, 3.8) is 0 Å². The second-order valence-electron chi connectivity index (χ2n) is 6.25. The molecular weight excluding hydrogens is 404 g/mol. The predicted octanol–water partition coefficient (Wildman–Crippen LogP) is 1.37. The molecule has 158 valence electrons. The van der Waals surface area contributed by atoms with Gasteiger partial charge >= 0.3 is 0 Å². The number of rotatable bonds is 11. The van der Waals surface area contributed by atoms with Gasteiger partial charge in [-0.1, -0.05) is 17.7 Å². The molecule has 10 heteroatoms. The van der Waals surface area contributed by atoms with Gasteiger partial charge in [0.15, 0.2) is 5.96 Å². The third kappa shape index (κ3) is 8.32. The molecule has 28 heavy (non-hydrogen) atoms. The Hall–Kier alpha value is -1.39. The molecule has 0 radical (unpaired) electrons. The Bertz CT molecular complexity index is 724. The molecule has 0 bridgehead atoms. The summed E-state index contributed by atoms with van der Waals surface area (Å²) in [5.74, 6) is 0.647. The molecule has 1 unspecified atom stereocenters. The van der Waals surface area contributed by atoms with Crippen LogP contribution in [0.1, 0.15) is 19.8 Å². The minimum Gasteiger partial charge on any atom is -0.379 e. The minimum atomic E-state index is -3.59. The van der Waals surface area contributed by atoms with Crippen LogP contribution in [0, 0.1) is 0 Å². The summed E-state index contributed by atoms with van der Waals surface area (Å²) < 4.78 is 38.0. The van der Waals surface area contributed by atoms with Gasteiger partial charge in [0.1, 0.15) is 0 Å². The summed E-state index contributed by atoms with van der Waals surface area (Å²) in [6, 6.07) is 6.16. The van der Waals surface area contributed by atoms with Crippen LogP contribution in [0.5, 0.6) is 0 Å². The molecule has 0 aromatic heterocycles. The molecule has 1 aliphatic rings. The van der Waals surface area contributed by atoms with E-state index in [1.165, 1.54) is 12.1 Å². The van der Waals surface area contributed by atoms with Gasteiger partial charge in [0.2, 0.25) is 10.0 Å². The maximum absolute atomic E-state index is 12.2. The number of guanidine groups is 1. The zero-order valence-corrected chi connectivity index (χ0v) is 17.7. The predicted molar refractivity (Wildman–Crippen MR) is 110 cm³/mol. The van der Waals surface area contributed by atoms with Gasteiger partial charge < -0.3 is 20.1 Å². The molecule has 0 spiro atoms. The lowest BCUT2D eigenvalue weighted by molar-refractivity contribution is 0.0424. The lowest BCUT2D eigenvalue weighted by Gasteiger charge is -2.12. The molecule has 1 saturated heterocycles. The molecule has 0 amide bonds. The van der Waals surface area contributed by atoms with Gasteiger partial charge in [-0.3, -0.25) is 4.99 Å². The molecular formula is C18H29ClN4O4S. The van der Waals surface area contributed by atoms with E-state index in [1.807, 2.05) is 6.92 Å². The average Bonchev–Trinajstić information content (AvgIpc) is 3.18. The van der Waals surface area contributed by atoms with Gasteiger partial charge in [0.25, 0.3) is 0 Å². The van der Waals surface area contributed by atoms with Gasteiger partial charge in [-0.15, -0.1) is 0 Å². The highest BCUT2D eigenvalue weighted by molar-refractivity contribution is 7.89. The van der Waals surface area contributed by atoms with Crippen LogP contribution in [-0.2, 0) is 19.5 Å². The van der Waals surface area contributed by atoms with Crippen LogP contribution in [-0.4, -0.2) is 66.5 Å². The van der Waals surface area contributed by atoms with E-state index in [1.54, 1.807) is 12.1 Å². The highest BCUT2D eigenvalue weighted by Gasteiger charge is 2.15. The fourth-order valence-electron chi connectivity index (χ4n) is 2.58. The number of ether oxygens (including phenoxy) is 2. The van der Waals surface area contributed by atoms with E-state index in [2.05, 4.69) is 20.3 Å². The first-order chi connectivity index (χ1) is 13.5. The first-order valence-corrected chi connectivity index (χ1v) is 11.3. The summed E-state index contributed by atoms with van der Waals surface area (Å²) >= 11 is 5.85. The topological polar surface area (TPSA) is 101 Å². The molecule has 1 aliphatic heterocycles. The lowest BCUT2D eigenvalue weighted by atomic mass is 10.3. The van der Waals surface area contributed by atoms with Crippen molar-refractivity contribution in [2.45, 2.75) is 30.8 Å². The Labute approximate surface area is 172 Å². The second kappa shape index (κ2) is 12.2. The molecule has 1 atom stereocenters. The molecule has 1 aromatic rings. The maximum Gasteiger partial charge on any atom is 0.240 e. The molecule has 0 aliphatic carbocycles. The standard InChI is InChI=1S/C18H29ClN4O4S/c1-2-20-18(21-8-4-11-27-16-7-12-26-14-16)22-9-10-23-28(24,25)17-6-3-5-15(19)13-17/h3,5-6,13,16,23H,2,4,7-12,14H2,1H3,(H2,20,21,22). The van der Waals surface area contributed by atoms with Gasteiger partial charge in [0, 0.05) is 44.4 Å². The smallest absolute Gasteiger partial charge is 0.240 e. The zero-order chi connectivity index (χ0) is 20.2. The number of aliphatic imine (C=N–C) groups is 1. The molecule has 8 nitrogen and oxygen atoms in total. The van der Waals surface area contributed by atoms with Crippen LogP contribution in [0.15, 0.2) is 34.2 Å². The number of benzene rings is 1. The van der Waals surface area contributed by atoms with Crippen LogP contribution in [0.4, 0.5) is 0 Å². The minimum absolute atomic E-state index is 0.147. The van der Waals surface area contributed by atoms with Gasteiger partial charge in [-0.2, -0.15) is 0 Å². The van der Waals surface area contributed by atoms with Gasteiger partial charge in [0.05, 0.1) is 17.6 Å². The Kier molecular flexibility index (Phi) is 10.0. The molecule has 1 fully saturated rings. The highest BCUT2D eigenvalue weighted by atomic mass is 35.5. The number of nitrogens with one attached hydrogen (secondary N) is 3. The van der Waals surface area contributed by atoms with Crippen molar-refractivity contribution in [2.75, 3.05) is 46.0 Å². The normalized spacial score (nSPS) is 17.6. The molecule has 0 saturated carbocycles. The SMILES string of the molecule is CCNC(=NCCCOC1CCOC1)NCCNS(=O)(=O)c1cccc(Cl)c1. The summed E-state index contributed by atoms with van der Waals surface area (Å²) in [7, 11) is -3.59. The summed E-state index contributed by atoms with van der Waals surface area (Å²) in [5, 5.41) is 6.63. The molecule has 1 heterocycles. The van der Waals surface area contributed by atoms with E-state index in [0.29, 0.717) is 37.3 Å². The first kappa shape index (κ1) is 22.9. The van der Waals surface area contributed by atoms with E-state index < -0.39 is 10.0 Å². The molecule has 2 rings (SSSR count). The van der Waals surface area contributed by atoms with Gasteiger partial charge in [-0.25, -0.2) is 13.1 Å². The van der Waals surface area contributed by atoms with Gasteiger partial charge in [-0.05, 0) is 38.0 Å². The van der Waals surface area contributed by atoms with E-state index in [0.717, 1.165) is 26.0 Å². The van der Waals surface area contributed by atoms with Crippen LogP contribution in [0.3, 0.4) is 0 Å². The quantitative estimate of drug-likeness (QED) is 0.277. The maximum atomic E-state index is 12.2. The Balaban J connectivity index is 1.68. The van der Waals surface area contributed by atoms with Crippen molar-refractivity contribution in [2.24, 2.45) is 4.99 Å². The monoisotopic (exact) mass is 432 g/mol. The van der Waals surface area contributed by atoms with Crippen molar-refractivity contribution in [3.8, 4) is 0 Å². The zero-order valence-electron chi connectivity index (χ0n) is 16.1. The fraction of sp³-hybridized carbons (Fsp3) is 0.611. The summed E-state index contributed by atoms with van der Waals surface area (Å²) in [4.78, 5) is 4.62. The molecule has 3 N–H and O–H groups in total. The first-order valence-electron chi connectivity index (χ1n) is 9.48. The van der Waals surface area contributed by atoms with E-state index >= 15 is 0 Å². The third-order valence-electron chi connectivity index (χ3n) is 3.97. The fourth-order valence-corrected chi connectivity index (χ4v) is 3.91. The highest BCUT2D eigenvalue weighted by Crippen LogP contribution is 2.14. The van der Waals surface area contributed by atoms with Crippen LogP contribution >= 0.6 is 11.6 Å². The number of nitrogens with zero attached hydrogens (tertiary/aromatic N) is 1. The summed E-state index contributed by atoms with van der Waals surface area (Å²) in [6.45, 7) is 6.05. The second-order valence-corrected chi connectivity index (χ2v) is 8.46. The largest absolute Gasteiger partial charge is 0.379 e. The lowest BCUT2D eigenvalue weighted by Crippen LogP contribution is -2.41. The molecule has 1 aromatic carbocycles. The van der Waals surface area contributed by atoms with E-state index in [4.69, 9.17) is 21.1 Å². The van der Waals surface area contributed by atoms with Crippen molar-refractivity contribution < 1.29 is 17.9 Å². The average molecular weight is 433 g/mol. The van der Waals surface area contributed by atoms with Crippen LogP contribution < -0.4 is 15.4 Å². The third-order valence-corrected chi connectivity index (χ3v) is 5.67. The summed E-state index contributed by atoms with van der Waals surface area (Å²) in [6.07, 6.45) is 1.98. The Morgan fingerprint density at radius 3 is 2.93 bits per heavy atom. The van der Waals surface area contributed by atoms with Crippen molar-refractivity contribution in [1.82, 2.24) is 15.4 Å². The number of hydrogen-bond acceptors (Lipinski definition) is 5. The Morgan fingerprint density at radius 1 is 1.36 bits per heavy atom. The van der Waals surface area contributed by atoms with Crippen molar-refractivity contribution in [3.05, 3.63) is 29.3 Å². The number of hydrogen-bond donors (Lipinski definition) is 3. The van der Waals surface area contributed by atoms with E-state index in [-0.39, 0.29) is 17.5 Å². The number of sulfonamides is 1. The van der Waals surface area contributed by atoms with Crippen LogP contribution in [0.2, 0.25) is 5.02 Å².